The van der Waals surface area contributed by atoms with Crippen LogP contribution in [-0.4, -0.2) is 44.9 Å². The molecule has 0 radical (unpaired) electrons. The lowest BCUT2D eigenvalue weighted by atomic mass is 10.1. The number of urea groups is 1. The second-order valence-electron chi connectivity index (χ2n) is 8.14. The van der Waals surface area contributed by atoms with Crippen molar-refractivity contribution in [3.63, 3.8) is 0 Å². The van der Waals surface area contributed by atoms with Crippen LogP contribution in [0.25, 0.3) is 0 Å². The molecule has 6 nitrogen and oxygen atoms in total. The molecule has 2 heterocycles. The molecule has 2 aromatic carbocycles. The molecule has 0 saturated carbocycles. The summed E-state index contributed by atoms with van der Waals surface area (Å²) in [7, 11) is 0. The van der Waals surface area contributed by atoms with Crippen LogP contribution in [-0.2, 0) is 19.6 Å². The zero-order valence-corrected chi connectivity index (χ0v) is 19.3. The summed E-state index contributed by atoms with van der Waals surface area (Å²) in [5, 5.41) is 4.87. The number of amides is 2. The molecule has 1 fully saturated rings. The number of H-pyrrole nitrogens is 1. The van der Waals surface area contributed by atoms with Gasteiger partial charge >= 0.3 is 6.03 Å². The average Bonchev–Trinajstić information content (AvgIpc) is 3.31. The molecule has 2 N–H and O–H groups in total. The zero-order valence-electron chi connectivity index (χ0n) is 17.8. The minimum Gasteiger partial charge on any atom is -0.347 e. The number of carbonyl (C=O) groups excluding carboxylic acids is 1. The second-order valence-corrected chi connectivity index (χ2v) is 9.01. The van der Waals surface area contributed by atoms with Gasteiger partial charge in [-0.25, -0.2) is 9.78 Å². The summed E-state index contributed by atoms with van der Waals surface area (Å²) in [6.45, 7) is 3.10. The summed E-state index contributed by atoms with van der Waals surface area (Å²) >= 11 is 12.4. The standard InChI is InChI=1S/C24H27Cl2N5O/c25-20-6-1-4-18(10-20)14-31(15-19-5-2-7-21(26)11-19)24(32)30-9-3-8-22(16-30)28-13-23-12-27-17-29-23/h1-2,4-7,10-12,17,22,28H,3,8-9,13-16H2,(H,27,29). The minimum absolute atomic E-state index is 0.0259. The zero-order chi connectivity index (χ0) is 22.3. The molecule has 32 heavy (non-hydrogen) atoms. The molecule has 1 aliphatic heterocycles. The number of piperidine rings is 1. The molecule has 2 amide bonds. The predicted molar refractivity (Wildman–Crippen MR) is 128 cm³/mol. The first kappa shape index (κ1) is 22.6. The largest absolute Gasteiger partial charge is 0.347 e. The van der Waals surface area contributed by atoms with Gasteiger partial charge < -0.3 is 20.1 Å². The van der Waals surface area contributed by atoms with Gasteiger partial charge in [0, 0.05) is 60.7 Å². The van der Waals surface area contributed by atoms with Gasteiger partial charge in [-0.2, -0.15) is 0 Å². The van der Waals surface area contributed by atoms with Gasteiger partial charge in [0.1, 0.15) is 0 Å². The number of imidazole rings is 1. The molecule has 1 aliphatic rings. The summed E-state index contributed by atoms with van der Waals surface area (Å²) < 4.78 is 0. The monoisotopic (exact) mass is 471 g/mol. The van der Waals surface area contributed by atoms with Crippen molar-refractivity contribution in [2.75, 3.05) is 13.1 Å². The number of hydrogen-bond acceptors (Lipinski definition) is 3. The Kier molecular flexibility index (Phi) is 7.68. The first-order chi connectivity index (χ1) is 15.6. The number of carbonyl (C=O) groups is 1. The Labute approximate surface area is 198 Å². The van der Waals surface area contributed by atoms with E-state index in [2.05, 4.69) is 15.3 Å². The molecule has 4 rings (SSSR count). The molecule has 1 atom stereocenters. The van der Waals surface area contributed by atoms with E-state index < -0.39 is 0 Å². The van der Waals surface area contributed by atoms with Gasteiger partial charge in [0.2, 0.25) is 0 Å². The summed E-state index contributed by atoms with van der Waals surface area (Å²) in [5.41, 5.74) is 3.04. The maximum atomic E-state index is 13.6. The van der Waals surface area contributed by atoms with Crippen LogP contribution in [0.15, 0.2) is 61.1 Å². The third-order valence-electron chi connectivity index (χ3n) is 5.62. The van der Waals surface area contributed by atoms with Gasteiger partial charge in [0.05, 0.1) is 6.33 Å². The smallest absolute Gasteiger partial charge is 0.320 e. The highest BCUT2D eigenvalue weighted by Crippen LogP contribution is 2.20. The van der Waals surface area contributed by atoms with Crippen molar-refractivity contribution < 1.29 is 4.79 Å². The molecule has 0 aliphatic carbocycles. The molecular formula is C24H27Cl2N5O. The summed E-state index contributed by atoms with van der Waals surface area (Å²) in [4.78, 5) is 24.6. The lowest BCUT2D eigenvalue weighted by Crippen LogP contribution is -2.51. The Morgan fingerprint density at radius 3 is 2.41 bits per heavy atom. The first-order valence-corrected chi connectivity index (χ1v) is 11.6. The highest BCUT2D eigenvalue weighted by atomic mass is 35.5. The number of likely N-dealkylation sites (tertiary alicyclic amines) is 1. The third-order valence-corrected chi connectivity index (χ3v) is 6.09. The number of nitrogens with zero attached hydrogens (tertiary/aromatic N) is 3. The van der Waals surface area contributed by atoms with Crippen LogP contribution in [0.5, 0.6) is 0 Å². The molecule has 3 aromatic rings. The molecule has 0 spiro atoms. The Morgan fingerprint density at radius 1 is 1.12 bits per heavy atom. The van der Waals surface area contributed by atoms with Crippen LogP contribution in [0.3, 0.4) is 0 Å². The number of aromatic nitrogens is 2. The van der Waals surface area contributed by atoms with Crippen molar-refractivity contribution >= 4 is 29.2 Å². The number of hydrogen-bond donors (Lipinski definition) is 2. The lowest BCUT2D eigenvalue weighted by Gasteiger charge is -2.37. The Balaban J connectivity index is 1.46. The maximum Gasteiger partial charge on any atom is 0.320 e. The van der Waals surface area contributed by atoms with Crippen molar-refractivity contribution in [3.8, 4) is 0 Å². The fourth-order valence-corrected chi connectivity index (χ4v) is 4.48. The highest BCUT2D eigenvalue weighted by molar-refractivity contribution is 6.30. The molecule has 1 unspecified atom stereocenters. The molecular weight excluding hydrogens is 445 g/mol. The van der Waals surface area contributed by atoms with Crippen molar-refractivity contribution in [2.45, 2.75) is 38.5 Å². The van der Waals surface area contributed by atoms with E-state index in [4.69, 9.17) is 23.2 Å². The van der Waals surface area contributed by atoms with Gasteiger partial charge in [0.15, 0.2) is 0 Å². The SMILES string of the molecule is O=C(N(Cc1cccc(Cl)c1)Cc1cccc(Cl)c1)N1CCCC(NCc2cnc[nH]2)C1. The Bertz CT molecular complexity index is 979. The van der Waals surface area contributed by atoms with Crippen molar-refractivity contribution in [2.24, 2.45) is 0 Å². The van der Waals surface area contributed by atoms with Crippen molar-refractivity contribution in [1.82, 2.24) is 25.1 Å². The molecule has 1 aromatic heterocycles. The van der Waals surface area contributed by atoms with Crippen molar-refractivity contribution in [3.05, 3.63) is 87.9 Å². The van der Waals surface area contributed by atoms with E-state index in [9.17, 15) is 4.79 Å². The van der Waals surface area contributed by atoms with Gasteiger partial charge in [-0.3, -0.25) is 0 Å². The van der Waals surface area contributed by atoms with Crippen LogP contribution in [0, 0.1) is 0 Å². The van der Waals surface area contributed by atoms with Crippen LogP contribution >= 0.6 is 23.2 Å². The number of rotatable bonds is 7. The summed E-state index contributed by atoms with van der Waals surface area (Å²) in [6, 6.07) is 15.6. The van der Waals surface area contributed by atoms with Crippen LogP contribution in [0.1, 0.15) is 29.7 Å². The van der Waals surface area contributed by atoms with E-state index in [1.807, 2.05) is 64.5 Å². The summed E-state index contributed by atoms with van der Waals surface area (Å²) in [6.07, 6.45) is 5.50. The van der Waals surface area contributed by atoms with Crippen molar-refractivity contribution in [1.29, 1.82) is 0 Å². The normalized spacial score (nSPS) is 16.2. The fourth-order valence-electron chi connectivity index (χ4n) is 4.06. The van der Waals surface area contributed by atoms with Gasteiger partial charge in [-0.15, -0.1) is 0 Å². The van der Waals surface area contributed by atoms with Crippen LogP contribution in [0.4, 0.5) is 4.79 Å². The van der Waals surface area contributed by atoms with E-state index >= 15 is 0 Å². The molecule has 168 valence electrons. The van der Waals surface area contributed by atoms with Gasteiger partial charge in [-0.1, -0.05) is 47.5 Å². The first-order valence-electron chi connectivity index (χ1n) is 10.8. The van der Waals surface area contributed by atoms with E-state index in [1.165, 1.54) is 0 Å². The van der Waals surface area contributed by atoms with E-state index in [0.29, 0.717) is 36.2 Å². The third kappa shape index (κ3) is 6.25. The highest BCUT2D eigenvalue weighted by Gasteiger charge is 2.27. The number of aromatic amines is 1. The lowest BCUT2D eigenvalue weighted by molar-refractivity contribution is 0.129. The Morgan fingerprint density at radius 2 is 1.81 bits per heavy atom. The summed E-state index contributed by atoms with van der Waals surface area (Å²) in [5.74, 6) is 0. The predicted octanol–water partition coefficient (Wildman–Crippen LogP) is 5.09. The number of halogens is 2. The van der Waals surface area contributed by atoms with Crippen LogP contribution in [0.2, 0.25) is 10.0 Å². The van der Waals surface area contributed by atoms with E-state index in [0.717, 1.165) is 36.2 Å². The number of benzene rings is 2. The Hall–Kier alpha value is -2.54. The molecule has 0 bridgehead atoms. The quantitative estimate of drug-likeness (QED) is 0.504. The minimum atomic E-state index is 0.0259. The van der Waals surface area contributed by atoms with Gasteiger partial charge in [0.25, 0.3) is 0 Å². The topological polar surface area (TPSA) is 64.3 Å². The molecule has 1 saturated heterocycles. The second kappa shape index (κ2) is 10.9. The van der Waals surface area contributed by atoms with E-state index in [1.54, 1.807) is 6.33 Å². The number of nitrogens with one attached hydrogen (secondary N) is 2. The molecule has 8 heteroatoms. The van der Waals surface area contributed by atoms with Gasteiger partial charge in [-0.05, 0) is 48.2 Å². The average molecular weight is 472 g/mol. The van der Waals surface area contributed by atoms with E-state index in [-0.39, 0.29) is 12.1 Å². The van der Waals surface area contributed by atoms with Crippen LogP contribution < -0.4 is 5.32 Å². The fraction of sp³-hybridized carbons (Fsp3) is 0.333. The maximum absolute atomic E-state index is 13.6.